The van der Waals surface area contributed by atoms with Crippen molar-refractivity contribution in [1.82, 2.24) is 4.90 Å². The summed E-state index contributed by atoms with van der Waals surface area (Å²) in [7, 11) is 0. The van der Waals surface area contributed by atoms with Gasteiger partial charge >= 0.3 is 0 Å². The Hall–Kier alpha value is -1.59. The van der Waals surface area contributed by atoms with Gasteiger partial charge in [0.2, 0.25) is 0 Å². The minimum absolute atomic E-state index is 0.00976. The molecule has 2 rings (SSSR count). The van der Waals surface area contributed by atoms with Crippen LogP contribution in [0.3, 0.4) is 0 Å². The van der Waals surface area contributed by atoms with Crippen LogP contribution < -0.4 is 5.73 Å². The van der Waals surface area contributed by atoms with E-state index >= 15 is 0 Å². The third kappa shape index (κ3) is 3.05. The Morgan fingerprint density at radius 3 is 2.89 bits per heavy atom. The van der Waals surface area contributed by atoms with Crippen molar-refractivity contribution >= 4 is 5.91 Å². The Kier molecular flexibility index (Phi) is 4.07. The molecule has 1 aliphatic heterocycles. The molecule has 1 fully saturated rings. The zero-order valence-electron chi connectivity index (χ0n) is 11.3. The number of carbonyl (C=O) groups excluding carboxylic acids is 1. The maximum atomic E-state index is 12.4. The quantitative estimate of drug-likeness (QED) is 0.831. The monoisotopic (exact) mass is 264 g/mol. The normalized spacial score (nSPS) is 23.4. The van der Waals surface area contributed by atoms with Gasteiger partial charge in [0.1, 0.15) is 5.75 Å². The number of hydrogen-bond acceptors (Lipinski definition) is 4. The summed E-state index contributed by atoms with van der Waals surface area (Å²) < 4.78 is 5.64. The number of phenols is 1. The molecule has 1 aromatic carbocycles. The fraction of sp³-hybridized carbons (Fsp3) is 0.500. The van der Waals surface area contributed by atoms with Gasteiger partial charge in [0.05, 0.1) is 12.2 Å². The minimum atomic E-state index is -0.106. The molecular weight excluding hydrogens is 244 g/mol. The lowest BCUT2D eigenvalue weighted by Crippen LogP contribution is -2.51. The van der Waals surface area contributed by atoms with E-state index in [2.05, 4.69) is 0 Å². The number of hydrogen-bond donors (Lipinski definition) is 2. The number of aromatic hydroxyl groups is 1. The minimum Gasteiger partial charge on any atom is -0.508 e. The number of nitrogens with two attached hydrogens (primary N) is 1. The first-order chi connectivity index (χ1) is 9.01. The summed E-state index contributed by atoms with van der Waals surface area (Å²) in [5.74, 6) is 0.156. The largest absolute Gasteiger partial charge is 0.508 e. The van der Waals surface area contributed by atoms with Crippen LogP contribution in [0.25, 0.3) is 0 Å². The van der Waals surface area contributed by atoms with Gasteiger partial charge in [0.25, 0.3) is 5.91 Å². The fourth-order valence-electron chi connectivity index (χ4n) is 2.31. The van der Waals surface area contributed by atoms with Crippen LogP contribution in [-0.2, 0) is 4.74 Å². The van der Waals surface area contributed by atoms with Gasteiger partial charge in [-0.3, -0.25) is 4.79 Å². The first-order valence-electron chi connectivity index (χ1n) is 6.45. The molecule has 0 spiro atoms. The van der Waals surface area contributed by atoms with Crippen molar-refractivity contribution in [2.75, 3.05) is 19.6 Å². The van der Waals surface area contributed by atoms with Crippen LogP contribution >= 0.6 is 0 Å². The third-order valence-electron chi connectivity index (χ3n) is 3.32. The first-order valence-corrected chi connectivity index (χ1v) is 6.45. The van der Waals surface area contributed by atoms with E-state index in [-0.39, 0.29) is 23.9 Å². The lowest BCUT2D eigenvalue weighted by Gasteiger charge is -2.36. The molecule has 0 radical (unpaired) electrons. The second-order valence-electron chi connectivity index (χ2n) is 5.02. The van der Waals surface area contributed by atoms with Crippen LogP contribution in [0.4, 0.5) is 0 Å². The maximum absolute atomic E-state index is 12.4. The van der Waals surface area contributed by atoms with Gasteiger partial charge in [-0.05, 0) is 37.6 Å². The van der Waals surface area contributed by atoms with Crippen molar-refractivity contribution in [3.8, 4) is 5.75 Å². The third-order valence-corrected chi connectivity index (χ3v) is 3.32. The topological polar surface area (TPSA) is 75.8 Å². The second-order valence-corrected chi connectivity index (χ2v) is 5.02. The average molecular weight is 264 g/mol. The number of benzene rings is 1. The second kappa shape index (κ2) is 5.59. The van der Waals surface area contributed by atoms with Crippen LogP contribution in [0.15, 0.2) is 18.2 Å². The highest BCUT2D eigenvalue weighted by atomic mass is 16.5. The fourth-order valence-corrected chi connectivity index (χ4v) is 2.31. The van der Waals surface area contributed by atoms with Crippen molar-refractivity contribution in [1.29, 1.82) is 0 Å². The van der Waals surface area contributed by atoms with E-state index in [0.717, 1.165) is 0 Å². The van der Waals surface area contributed by atoms with Crippen LogP contribution in [0.5, 0.6) is 5.75 Å². The Labute approximate surface area is 113 Å². The molecule has 1 aromatic rings. The molecule has 0 saturated carbocycles. The predicted molar refractivity (Wildman–Crippen MR) is 72.1 cm³/mol. The summed E-state index contributed by atoms with van der Waals surface area (Å²) in [4.78, 5) is 14.2. The number of nitrogens with zero attached hydrogens (tertiary/aromatic N) is 1. The number of ether oxygens (including phenoxy) is 1. The average Bonchev–Trinajstić information content (AvgIpc) is 2.40. The van der Waals surface area contributed by atoms with Crippen molar-refractivity contribution in [3.05, 3.63) is 29.3 Å². The zero-order chi connectivity index (χ0) is 14.0. The van der Waals surface area contributed by atoms with E-state index in [0.29, 0.717) is 30.8 Å². The molecule has 1 heterocycles. The summed E-state index contributed by atoms with van der Waals surface area (Å²) >= 11 is 0. The number of aryl methyl sites for hydroxylation is 1. The van der Waals surface area contributed by atoms with Crippen molar-refractivity contribution in [2.24, 2.45) is 5.73 Å². The maximum Gasteiger partial charge on any atom is 0.254 e. The van der Waals surface area contributed by atoms with E-state index in [1.165, 1.54) is 0 Å². The summed E-state index contributed by atoms with van der Waals surface area (Å²) in [6.45, 7) is 5.19. The van der Waals surface area contributed by atoms with Gasteiger partial charge in [-0.1, -0.05) is 0 Å². The van der Waals surface area contributed by atoms with Gasteiger partial charge in [-0.15, -0.1) is 0 Å². The van der Waals surface area contributed by atoms with Crippen LogP contribution in [0.1, 0.15) is 22.8 Å². The molecule has 0 bridgehead atoms. The number of rotatable bonds is 2. The standard InChI is InChI=1S/C14H20N2O3/c1-9-5-11(3-4-13(9)17)14(18)16-7-10(2)19-12(6-15)8-16/h3-5,10,12,17H,6-8,15H2,1-2H3. The molecule has 19 heavy (non-hydrogen) atoms. The summed E-state index contributed by atoms with van der Waals surface area (Å²) in [5.41, 5.74) is 6.89. The zero-order valence-corrected chi connectivity index (χ0v) is 11.3. The summed E-state index contributed by atoms with van der Waals surface area (Å²) in [6, 6.07) is 4.89. The Morgan fingerprint density at radius 1 is 1.53 bits per heavy atom. The number of carbonyl (C=O) groups is 1. The van der Waals surface area contributed by atoms with Gasteiger partial charge < -0.3 is 20.5 Å². The molecule has 0 aromatic heterocycles. The van der Waals surface area contributed by atoms with Gasteiger partial charge in [-0.2, -0.15) is 0 Å². The molecule has 104 valence electrons. The van der Waals surface area contributed by atoms with Gasteiger partial charge in [0.15, 0.2) is 0 Å². The van der Waals surface area contributed by atoms with Gasteiger partial charge in [-0.25, -0.2) is 0 Å². The highest BCUT2D eigenvalue weighted by Gasteiger charge is 2.28. The summed E-state index contributed by atoms with van der Waals surface area (Å²) in [5, 5.41) is 9.50. The molecule has 1 amide bonds. The molecule has 1 aliphatic rings. The Balaban J connectivity index is 2.16. The number of amides is 1. The predicted octanol–water partition coefficient (Wildman–Crippen LogP) is 0.889. The Morgan fingerprint density at radius 2 is 2.26 bits per heavy atom. The van der Waals surface area contributed by atoms with Crippen molar-refractivity contribution in [2.45, 2.75) is 26.1 Å². The number of morpholine rings is 1. The van der Waals surface area contributed by atoms with E-state index in [1.807, 2.05) is 6.92 Å². The van der Waals surface area contributed by atoms with E-state index in [1.54, 1.807) is 30.0 Å². The molecule has 3 N–H and O–H groups in total. The van der Waals surface area contributed by atoms with E-state index < -0.39 is 0 Å². The lowest BCUT2D eigenvalue weighted by molar-refractivity contribution is -0.0625. The Bertz CT molecular complexity index is 476. The number of phenolic OH excluding ortho intramolecular Hbond substituents is 1. The molecule has 2 atom stereocenters. The van der Waals surface area contributed by atoms with Crippen molar-refractivity contribution in [3.63, 3.8) is 0 Å². The SMILES string of the molecule is Cc1cc(C(=O)N2CC(C)OC(CN)C2)ccc1O. The lowest BCUT2D eigenvalue weighted by atomic mass is 10.1. The van der Waals surface area contributed by atoms with E-state index in [9.17, 15) is 9.90 Å². The smallest absolute Gasteiger partial charge is 0.254 e. The van der Waals surface area contributed by atoms with E-state index in [4.69, 9.17) is 10.5 Å². The molecule has 0 aliphatic carbocycles. The van der Waals surface area contributed by atoms with Crippen LogP contribution in [0.2, 0.25) is 0 Å². The van der Waals surface area contributed by atoms with Crippen LogP contribution in [-0.4, -0.2) is 47.8 Å². The van der Waals surface area contributed by atoms with Crippen molar-refractivity contribution < 1.29 is 14.6 Å². The molecule has 1 saturated heterocycles. The highest BCUT2D eigenvalue weighted by Crippen LogP contribution is 2.20. The molecule has 2 unspecified atom stereocenters. The molecule has 5 heteroatoms. The summed E-state index contributed by atoms with van der Waals surface area (Å²) in [6.07, 6.45) is -0.115. The van der Waals surface area contributed by atoms with Gasteiger partial charge in [0, 0.05) is 25.2 Å². The highest BCUT2D eigenvalue weighted by molar-refractivity contribution is 5.94. The first kappa shape index (κ1) is 13.8. The molecular formula is C14H20N2O3. The molecule has 5 nitrogen and oxygen atoms in total. The van der Waals surface area contributed by atoms with Crippen LogP contribution in [0, 0.1) is 6.92 Å².